The number of hydrogen-bond acceptors (Lipinski definition) is 0. The molecule has 0 amide bonds. The first-order valence-electron chi connectivity index (χ1n) is 2.40. The van der Waals surface area contributed by atoms with Gasteiger partial charge in [0.25, 0.3) is 0 Å². The molecule has 0 bridgehead atoms. The molecule has 0 heterocycles. The van der Waals surface area contributed by atoms with Gasteiger partial charge in [-0.25, -0.2) is 0 Å². The van der Waals surface area contributed by atoms with Crippen LogP contribution in [0.25, 0.3) is 0 Å². The maximum absolute atomic E-state index is 5.26. The Balaban J connectivity index is 3.82. The van der Waals surface area contributed by atoms with Crippen LogP contribution in [0.15, 0.2) is 16.3 Å². The Morgan fingerprint density at radius 1 is 1.50 bits per heavy atom. The lowest BCUT2D eigenvalue weighted by Crippen LogP contribution is -1.72. The van der Waals surface area contributed by atoms with E-state index in [-0.39, 0.29) is 4.49 Å². The Morgan fingerprint density at radius 2 is 2.00 bits per heavy atom. The highest BCUT2D eigenvalue weighted by Gasteiger charge is 1.80. The number of allylic oxidation sites excluding steroid dienone is 1. The molecule has 0 nitrogen and oxygen atoms in total. The molecule has 8 heavy (non-hydrogen) atoms. The van der Waals surface area contributed by atoms with Gasteiger partial charge in [0.2, 0.25) is 0 Å². The fraction of sp³-hybridized carbons (Fsp3) is 0.500. The minimum Gasteiger partial charge on any atom is -0.0925 e. The third-order valence-electron chi connectivity index (χ3n) is 0.526. The summed E-state index contributed by atoms with van der Waals surface area (Å²) in [5.74, 6) is 0.461. The lowest BCUT2D eigenvalue weighted by Gasteiger charge is -1.85. The van der Waals surface area contributed by atoms with Crippen LogP contribution in [0.3, 0.4) is 0 Å². The molecule has 0 unspecified atom stereocenters. The zero-order valence-corrected chi connectivity index (χ0v) is 6.42. The fourth-order valence-corrected chi connectivity index (χ4v) is 0.356. The van der Waals surface area contributed by atoms with Gasteiger partial charge in [0, 0.05) is 0 Å². The van der Waals surface area contributed by atoms with E-state index in [9.17, 15) is 0 Å². The van der Waals surface area contributed by atoms with Gasteiger partial charge in [-0.05, 0) is 12.0 Å². The van der Waals surface area contributed by atoms with Crippen LogP contribution < -0.4 is 0 Å². The molecular weight excluding hydrogens is 143 g/mol. The van der Waals surface area contributed by atoms with Crippen molar-refractivity contribution in [3.8, 4) is 0 Å². The van der Waals surface area contributed by atoms with E-state index in [4.69, 9.17) is 23.2 Å². The van der Waals surface area contributed by atoms with Gasteiger partial charge < -0.3 is 0 Å². The lowest BCUT2D eigenvalue weighted by atomic mass is 10.2. The van der Waals surface area contributed by atoms with E-state index < -0.39 is 0 Å². The molecule has 0 aliphatic rings. The highest BCUT2D eigenvalue weighted by atomic mass is 35.5. The maximum Gasteiger partial charge on any atom is 0.148 e. The summed E-state index contributed by atoms with van der Waals surface area (Å²) in [5, 5.41) is 0. The van der Waals surface area contributed by atoms with Crippen molar-refractivity contribution in [2.75, 3.05) is 0 Å². The molecule has 0 aromatic carbocycles. The fourth-order valence-electron chi connectivity index (χ4n) is 0.230. The Kier molecular flexibility index (Phi) is 4.08. The third-order valence-corrected chi connectivity index (χ3v) is 0.744. The van der Waals surface area contributed by atoms with Crippen LogP contribution in [0, 0.1) is 5.92 Å². The van der Waals surface area contributed by atoms with Gasteiger partial charge in [-0.2, -0.15) is 0 Å². The van der Waals surface area contributed by atoms with E-state index in [2.05, 4.69) is 5.73 Å². The summed E-state index contributed by atoms with van der Waals surface area (Å²) in [6.07, 6.45) is 1.81. The van der Waals surface area contributed by atoms with Crippen molar-refractivity contribution in [2.45, 2.75) is 13.8 Å². The first-order chi connectivity index (χ1) is 3.63. The molecule has 0 aromatic rings. The molecule has 0 aliphatic heterocycles. The number of rotatable bonds is 1. The molecule has 0 fully saturated rings. The predicted octanol–water partition coefficient (Wildman–Crippen LogP) is 3.12. The Labute approximate surface area is 59.8 Å². The van der Waals surface area contributed by atoms with Gasteiger partial charge in [-0.1, -0.05) is 42.8 Å². The predicted molar refractivity (Wildman–Crippen MR) is 38.1 cm³/mol. The summed E-state index contributed by atoms with van der Waals surface area (Å²) in [6.45, 7) is 4.06. The zero-order valence-electron chi connectivity index (χ0n) is 4.91. The second-order valence-corrected chi connectivity index (χ2v) is 2.76. The highest BCUT2D eigenvalue weighted by molar-refractivity contribution is 6.55. The molecule has 0 rings (SSSR count). The number of hydrogen-bond donors (Lipinski definition) is 0. The van der Waals surface area contributed by atoms with E-state index in [0.29, 0.717) is 5.92 Å². The molecule has 0 atom stereocenters. The second-order valence-electron chi connectivity index (χ2n) is 1.82. The van der Waals surface area contributed by atoms with Gasteiger partial charge in [-0.15, -0.1) is 0 Å². The summed E-state index contributed by atoms with van der Waals surface area (Å²) >= 11 is 10.5. The van der Waals surface area contributed by atoms with E-state index in [0.717, 1.165) is 0 Å². The first-order valence-corrected chi connectivity index (χ1v) is 3.16. The van der Waals surface area contributed by atoms with Crippen molar-refractivity contribution in [1.82, 2.24) is 0 Å². The molecule has 0 aliphatic carbocycles. The Morgan fingerprint density at radius 3 is 2.12 bits per heavy atom. The van der Waals surface area contributed by atoms with Crippen LogP contribution >= 0.6 is 23.2 Å². The molecule has 0 N–H and O–H groups in total. The quantitative estimate of drug-likeness (QED) is 0.505. The van der Waals surface area contributed by atoms with Crippen molar-refractivity contribution < 1.29 is 0 Å². The van der Waals surface area contributed by atoms with Crippen LogP contribution in [0.1, 0.15) is 13.8 Å². The van der Waals surface area contributed by atoms with E-state index in [1.807, 2.05) is 19.9 Å². The first kappa shape index (κ1) is 8.10. The van der Waals surface area contributed by atoms with Gasteiger partial charge in [-0.3, -0.25) is 0 Å². The van der Waals surface area contributed by atoms with Crippen LogP contribution in [-0.2, 0) is 0 Å². The maximum atomic E-state index is 5.26. The summed E-state index contributed by atoms with van der Waals surface area (Å²) in [7, 11) is 0. The number of halogens is 2. The topological polar surface area (TPSA) is 0 Å². The van der Waals surface area contributed by atoms with E-state index >= 15 is 0 Å². The lowest BCUT2D eigenvalue weighted by molar-refractivity contribution is 0.833. The van der Waals surface area contributed by atoms with E-state index in [1.165, 1.54) is 0 Å². The minimum absolute atomic E-state index is 0.193. The average molecular weight is 151 g/mol. The van der Waals surface area contributed by atoms with Gasteiger partial charge >= 0.3 is 0 Å². The van der Waals surface area contributed by atoms with Crippen LogP contribution in [0.4, 0.5) is 0 Å². The van der Waals surface area contributed by atoms with Crippen molar-refractivity contribution in [3.05, 3.63) is 16.3 Å². The zero-order chi connectivity index (χ0) is 6.57. The molecule has 46 valence electrons. The van der Waals surface area contributed by atoms with Crippen molar-refractivity contribution in [2.24, 2.45) is 5.92 Å². The molecule has 0 saturated carbocycles. The normalized spacial score (nSPS) is 8.62. The molecule has 0 aromatic heterocycles. The monoisotopic (exact) mass is 150 g/mol. The van der Waals surface area contributed by atoms with Crippen molar-refractivity contribution >= 4 is 23.2 Å². The summed E-state index contributed by atoms with van der Waals surface area (Å²) in [5.41, 5.74) is 2.67. The third kappa shape index (κ3) is 6.10. The summed E-state index contributed by atoms with van der Waals surface area (Å²) < 4.78 is 0.193. The van der Waals surface area contributed by atoms with E-state index in [1.54, 1.807) is 0 Å². The van der Waals surface area contributed by atoms with Gasteiger partial charge in [0.15, 0.2) is 0 Å². The summed E-state index contributed by atoms with van der Waals surface area (Å²) in [6, 6.07) is 0. The largest absolute Gasteiger partial charge is 0.148 e. The van der Waals surface area contributed by atoms with Crippen LogP contribution in [-0.4, -0.2) is 0 Å². The molecular formula is C6H8Cl2. The Bertz CT molecular complexity index is 114. The van der Waals surface area contributed by atoms with Crippen molar-refractivity contribution in [1.29, 1.82) is 0 Å². The molecule has 0 spiro atoms. The van der Waals surface area contributed by atoms with Gasteiger partial charge in [0.1, 0.15) is 4.49 Å². The SMILES string of the molecule is CC(C)C=C=C(Cl)Cl. The second kappa shape index (κ2) is 4.03. The molecule has 2 heteroatoms. The smallest absolute Gasteiger partial charge is 0.0925 e. The highest BCUT2D eigenvalue weighted by Crippen LogP contribution is 2.04. The minimum atomic E-state index is 0.193. The standard InChI is InChI=1S/C6H8Cl2/c1-5(2)3-4-6(7)8/h3,5H,1-2H3. The Hall–Kier alpha value is 0.100. The summed E-state index contributed by atoms with van der Waals surface area (Å²) in [4.78, 5) is 0. The van der Waals surface area contributed by atoms with Crippen LogP contribution in [0.5, 0.6) is 0 Å². The van der Waals surface area contributed by atoms with Crippen molar-refractivity contribution in [3.63, 3.8) is 0 Å². The van der Waals surface area contributed by atoms with Gasteiger partial charge in [0.05, 0.1) is 0 Å². The van der Waals surface area contributed by atoms with Crippen LogP contribution in [0.2, 0.25) is 0 Å². The molecule has 0 saturated heterocycles. The average Bonchev–Trinajstić information content (AvgIpc) is 1.61. The molecule has 0 radical (unpaired) electrons.